The van der Waals surface area contributed by atoms with E-state index in [0.29, 0.717) is 22.0 Å². The van der Waals surface area contributed by atoms with Gasteiger partial charge in [-0.3, -0.25) is 4.79 Å². The van der Waals surface area contributed by atoms with Gasteiger partial charge in [0, 0.05) is 5.56 Å². The summed E-state index contributed by atoms with van der Waals surface area (Å²) in [5.74, 6) is -2.16. The average Bonchev–Trinajstić information content (AvgIpc) is 2.46. The molecule has 0 fully saturated rings. The highest BCUT2D eigenvalue weighted by molar-refractivity contribution is 5.94. The van der Waals surface area contributed by atoms with Gasteiger partial charge in [0.1, 0.15) is 5.82 Å². The van der Waals surface area contributed by atoms with E-state index >= 15 is 0 Å². The van der Waals surface area contributed by atoms with Gasteiger partial charge in [-0.05, 0) is 23.8 Å². The molecule has 0 radical (unpaired) electrons. The highest BCUT2D eigenvalue weighted by Crippen LogP contribution is 2.27. The van der Waals surface area contributed by atoms with Gasteiger partial charge in [0.2, 0.25) is 0 Å². The molecular formula is C15H9FN2O3. The van der Waals surface area contributed by atoms with E-state index in [1.54, 1.807) is 18.2 Å². The summed E-state index contributed by atoms with van der Waals surface area (Å²) in [6, 6.07) is 8.79. The number of carboxylic acid groups (broad SMARTS) is 1. The first-order valence-electron chi connectivity index (χ1n) is 6.07. The maximum atomic E-state index is 13.8. The lowest BCUT2D eigenvalue weighted by Gasteiger charge is -2.06. The Morgan fingerprint density at radius 2 is 2.05 bits per heavy atom. The molecule has 2 aromatic carbocycles. The highest BCUT2D eigenvalue weighted by atomic mass is 19.1. The van der Waals surface area contributed by atoms with Gasteiger partial charge in [-0.15, -0.1) is 0 Å². The lowest BCUT2D eigenvalue weighted by Crippen LogP contribution is -2.06. The molecule has 1 aromatic heterocycles. The van der Waals surface area contributed by atoms with E-state index in [9.17, 15) is 14.0 Å². The van der Waals surface area contributed by atoms with Crippen LogP contribution in [-0.4, -0.2) is 21.0 Å². The van der Waals surface area contributed by atoms with Crippen molar-refractivity contribution >= 4 is 16.9 Å². The molecule has 0 aliphatic rings. The van der Waals surface area contributed by atoms with Gasteiger partial charge in [0.25, 0.3) is 5.56 Å². The lowest BCUT2D eigenvalue weighted by atomic mass is 10.0. The number of para-hydroxylation sites is 1. The molecule has 0 saturated heterocycles. The van der Waals surface area contributed by atoms with Gasteiger partial charge in [-0.25, -0.2) is 14.2 Å². The maximum absolute atomic E-state index is 13.8. The van der Waals surface area contributed by atoms with Crippen molar-refractivity contribution in [2.75, 3.05) is 0 Å². The van der Waals surface area contributed by atoms with Crippen molar-refractivity contribution in [1.82, 2.24) is 9.97 Å². The molecule has 0 saturated carbocycles. The van der Waals surface area contributed by atoms with E-state index in [0.717, 1.165) is 6.07 Å². The van der Waals surface area contributed by atoms with Crippen LogP contribution in [0, 0.1) is 5.82 Å². The van der Waals surface area contributed by atoms with Crippen molar-refractivity contribution in [2.45, 2.75) is 0 Å². The molecule has 21 heavy (non-hydrogen) atoms. The monoisotopic (exact) mass is 284 g/mol. The number of aromatic amines is 1. The maximum Gasteiger partial charge on any atom is 0.338 e. The van der Waals surface area contributed by atoms with Crippen molar-refractivity contribution in [3.8, 4) is 11.1 Å². The third-order valence-electron chi connectivity index (χ3n) is 3.18. The zero-order valence-electron chi connectivity index (χ0n) is 10.6. The van der Waals surface area contributed by atoms with Gasteiger partial charge in [-0.2, -0.15) is 0 Å². The number of hydrogen-bond acceptors (Lipinski definition) is 3. The molecule has 0 atom stereocenters. The topological polar surface area (TPSA) is 83.0 Å². The number of hydrogen-bond donors (Lipinski definition) is 2. The summed E-state index contributed by atoms with van der Waals surface area (Å²) in [5.41, 5.74) is 0.772. The number of aromatic carboxylic acids is 1. The molecule has 3 rings (SSSR count). The van der Waals surface area contributed by atoms with Crippen LogP contribution < -0.4 is 5.56 Å². The number of nitrogens with one attached hydrogen (secondary N) is 1. The predicted octanol–water partition coefficient (Wildman–Crippen LogP) is 2.43. The number of benzene rings is 2. The molecule has 6 heteroatoms. The van der Waals surface area contributed by atoms with Gasteiger partial charge in [0.05, 0.1) is 22.8 Å². The van der Waals surface area contributed by atoms with Crippen LogP contribution in [0.4, 0.5) is 4.39 Å². The molecular weight excluding hydrogens is 275 g/mol. The zero-order chi connectivity index (χ0) is 15.0. The van der Waals surface area contributed by atoms with Crippen LogP contribution in [-0.2, 0) is 0 Å². The smallest absolute Gasteiger partial charge is 0.338 e. The quantitative estimate of drug-likeness (QED) is 0.757. The Hall–Kier alpha value is -3.02. The fourth-order valence-corrected chi connectivity index (χ4v) is 2.19. The van der Waals surface area contributed by atoms with E-state index in [1.807, 2.05) is 0 Å². The van der Waals surface area contributed by atoms with Gasteiger partial charge in [-0.1, -0.05) is 18.2 Å². The SMILES string of the molecule is O=C(O)c1ccc(-c2cccc3c(=O)[nH]cnc23)cc1F. The van der Waals surface area contributed by atoms with Gasteiger partial charge < -0.3 is 10.1 Å². The van der Waals surface area contributed by atoms with E-state index in [4.69, 9.17) is 5.11 Å². The van der Waals surface area contributed by atoms with Crippen LogP contribution in [0.15, 0.2) is 47.5 Å². The minimum atomic E-state index is -1.33. The number of carboxylic acids is 1. The first kappa shape index (κ1) is 13.0. The van der Waals surface area contributed by atoms with Crippen LogP contribution >= 0.6 is 0 Å². The summed E-state index contributed by atoms with van der Waals surface area (Å²) in [6.07, 6.45) is 1.27. The van der Waals surface area contributed by atoms with Crippen molar-refractivity contribution < 1.29 is 14.3 Å². The third-order valence-corrected chi connectivity index (χ3v) is 3.18. The zero-order valence-corrected chi connectivity index (χ0v) is 10.6. The van der Waals surface area contributed by atoms with Crippen molar-refractivity contribution in [1.29, 1.82) is 0 Å². The number of rotatable bonds is 2. The van der Waals surface area contributed by atoms with Crippen molar-refractivity contribution in [3.63, 3.8) is 0 Å². The van der Waals surface area contributed by atoms with Crippen LogP contribution in [0.5, 0.6) is 0 Å². The second kappa shape index (κ2) is 4.82. The Morgan fingerprint density at radius 3 is 2.76 bits per heavy atom. The second-order valence-electron chi connectivity index (χ2n) is 4.43. The fourth-order valence-electron chi connectivity index (χ4n) is 2.19. The Balaban J connectivity index is 2.26. The minimum Gasteiger partial charge on any atom is -0.478 e. The molecule has 0 aliphatic heterocycles. The number of nitrogens with zero attached hydrogens (tertiary/aromatic N) is 1. The lowest BCUT2D eigenvalue weighted by molar-refractivity contribution is 0.0692. The fraction of sp³-hybridized carbons (Fsp3) is 0. The molecule has 5 nitrogen and oxygen atoms in total. The molecule has 0 unspecified atom stereocenters. The molecule has 0 bridgehead atoms. The van der Waals surface area contributed by atoms with E-state index in [1.165, 1.54) is 18.5 Å². The second-order valence-corrected chi connectivity index (χ2v) is 4.43. The van der Waals surface area contributed by atoms with E-state index in [-0.39, 0.29) is 5.56 Å². The first-order valence-corrected chi connectivity index (χ1v) is 6.07. The molecule has 0 aliphatic carbocycles. The largest absolute Gasteiger partial charge is 0.478 e. The number of fused-ring (bicyclic) bond motifs is 1. The summed E-state index contributed by atoms with van der Waals surface area (Å²) in [7, 11) is 0. The number of halogens is 1. The van der Waals surface area contributed by atoms with Crippen molar-refractivity contribution in [3.05, 3.63) is 64.5 Å². The average molecular weight is 284 g/mol. The number of aromatic nitrogens is 2. The summed E-state index contributed by atoms with van der Waals surface area (Å²) in [5, 5.41) is 9.22. The van der Waals surface area contributed by atoms with E-state index in [2.05, 4.69) is 9.97 Å². The molecule has 0 spiro atoms. The van der Waals surface area contributed by atoms with Crippen LogP contribution in [0.3, 0.4) is 0 Å². The Morgan fingerprint density at radius 1 is 1.24 bits per heavy atom. The normalized spacial score (nSPS) is 10.7. The molecule has 0 amide bonds. The van der Waals surface area contributed by atoms with Gasteiger partial charge >= 0.3 is 5.97 Å². The number of H-pyrrole nitrogens is 1. The molecule has 2 N–H and O–H groups in total. The van der Waals surface area contributed by atoms with Crippen LogP contribution in [0.2, 0.25) is 0 Å². The third kappa shape index (κ3) is 2.16. The highest BCUT2D eigenvalue weighted by Gasteiger charge is 2.13. The Kier molecular flexibility index (Phi) is 2.98. The van der Waals surface area contributed by atoms with Gasteiger partial charge in [0.15, 0.2) is 0 Å². The Labute approximate surface area is 117 Å². The van der Waals surface area contributed by atoms with Crippen LogP contribution in [0.1, 0.15) is 10.4 Å². The summed E-state index contributed by atoms with van der Waals surface area (Å²) < 4.78 is 13.8. The summed E-state index contributed by atoms with van der Waals surface area (Å²) >= 11 is 0. The number of carbonyl (C=O) groups is 1. The summed E-state index contributed by atoms with van der Waals surface area (Å²) in [6.45, 7) is 0. The molecule has 104 valence electrons. The van der Waals surface area contributed by atoms with Crippen molar-refractivity contribution in [2.24, 2.45) is 0 Å². The first-order chi connectivity index (χ1) is 10.1. The molecule has 3 aromatic rings. The predicted molar refractivity (Wildman–Crippen MR) is 74.7 cm³/mol. The standard InChI is InChI=1S/C15H9FN2O3/c16-12-6-8(4-5-10(12)15(20)21)9-2-1-3-11-13(9)17-7-18-14(11)19/h1-7H,(H,20,21)(H,17,18,19). The van der Waals surface area contributed by atoms with Crippen LogP contribution in [0.25, 0.3) is 22.0 Å². The molecule has 1 heterocycles. The summed E-state index contributed by atoms with van der Waals surface area (Å²) in [4.78, 5) is 29.1. The minimum absolute atomic E-state index is 0.288. The Bertz CT molecular complexity index is 918. The van der Waals surface area contributed by atoms with E-state index < -0.39 is 17.3 Å².